The van der Waals surface area contributed by atoms with Gasteiger partial charge < -0.3 is 39.3 Å². The van der Waals surface area contributed by atoms with E-state index in [0.29, 0.717) is 17.8 Å². The Hall–Kier alpha value is -3.14. The van der Waals surface area contributed by atoms with Crippen molar-refractivity contribution < 1.29 is 52.8 Å². The number of ketones is 1. The number of nitrogens with one attached hydrogen (secondary N) is 1. The quantitative estimate of drug-likeness (QED) is 0.196. The van der Waals surface area contributed by atoms with Crippen molar-refractivity contribution in [2.24, 2.45) is 33.8 Å². The number of Topliss-reactive ketones (excluding diaryl/α,β-unsaturated/α-hetero) is 1. The van der Waals surface area contributed by atoms with Gasteiger partial charge in [-0.3, -0.25) is 9.59 Å². The molecule has 3 aliphatic heterocycles. The van der Waals surface area contributed by atoms with E-state index in [9.17, 15) is 24.6 Å². The number of aliphatic hydroxyl groups is 2. The van der Waals surface area contributed by atoms with Gasteiger partial charge in [0.2, 0.25) is 5.91 Å². The average molecular weight is 776 g/mol. The van der Waals surface area contributed by atoms with E-state index in [1.54, 1.807) is 20.9 Å². The first-order valence-electron chi connectivity index (χ1n) is 19.5. The van der Waals surface area contributed by atoms with Gasteiger partial charge >= 0.3 is 5.97 Å². The fraction of sp³-hybridized carbons (Fsp3) is 0.732. The van der Waals surface area contributed by atoms with Gasteiger partial charge in [0.1, 0.15) is 24.4 Å². The molecule has 0 radical (unpaired) electrons. The molecule has 0 aromatic heterocycles. The Bertz CT molecular complexity index is 1550. The lowest BCUT2D eigenvalue weighted by atomic mass is 9.68. The summed E-state index contributed by atoms with van der Waals surface area (Å²) in [6, 6.07) is 9.08. The Labute approximate surface area is 324 Å². The van der Waals surface area contributed by atoms with Crippen molar-refractivity contribution in [2.45, 2.75) is 155 Å². The van der Waals surface area contributed by atoms with Crippen molar-refractivity contribution in [1.29, 1.82) is 0 Å². The third-order valence-electron chi connectivity index (χ3n) is 11.8. The van der Waals surface area contributed by atoms with E-state index >= 15 is 4.39 Å². The number of halogens is 1. The SMILES string of the molecule is CC[C@H]1OC(=O)[C@@](C)(F)C(=O)C(C)[C@@H](O[C@@H]2O[C@H](C)C[C@H](NC)[C@H]2O)[C@@]2(C)C[C@@H](C)/C(=N\C(C)=O)[C@H](C)[C@@H](CC/C(=N\OCc3ccccc3)CO2)[C@]1(C)O. The number of amides is 1. The van der Waals surface area contributed by atoms with Crippen LogP contribution in [-0.2, 0) is 44.8 Å². The lowest BCUT2D eigenvalue weighted by Gasteiger charge is -2.47. The predicted molar refractivity (Wildman–Crippen MR) is 204 cm³/mol. The molecule has 1 aromatic carbocycles. The second-order valence-corrected chi connectivity index (χ2v) is 16.3. The van der Waals surface area contributed by atoms with Crippen LogP contribution in [0.4, 0.5) is 4.39 Å². The highest BCUT2D eigenvalue weighted by Crippen LogP contribution is 2.43. The summed E-state index contributed by atoms with van der Waals surface area (Å²) in [5.41, 5.74) is -4.61. The van der Waals surface area contributed by atoms with Gasteiger partial charge in [0.05, 0.1) is 30.1 Å². The van der Waals surface area contributed by atoms with E-state index in [0.717, 1.165) is 12.5 Å². The first kappa shape index (κ1) is 44.6. The number of cyclic esters (lactones) is 1. The highest BCUT2D eigenvalue weighted by Gasteiger charge is 2.56. The minimum atomic E-state index is -3.16. The van der Waals surface area contributed by atoms with Crippen LogP contribution in [0.1, 0.15) is 100.0 Å². The van der Waals surface area contributed by atoms with E-state index in [1.807, 2.05) is 51.1 Å². The number of esters is 1. The van der Waals surface area contributed by atoms with Crippen molar-refractivity contribution in [1.82, 2.24) is 5.32 Å². The molecular weight excluding hydrogens is 713 g/mol. The number of hydrogen-bond acceptors (Lipinski definition) is 12. The molecule has 0 saturated carbocycles. The number of ether oxygens (including phenoxy) is 4. The molecule has 0 spiro atoms. The van der Waals surface area contributed by atoms with Gasteiger partial charge in [-0.15, -0.1) is 0 Å². The molecule has 0 aliphatic carbocycles. The van der Waals surface area contributed by atoms with Gasteiger partial charge in [-0.25, -0.2) is 14.2 Å². The summed E-state index contributed by atoms with van der Waals surface area (Å²) in [4.78, 5) is 51.2. The van der Waals surface area contributed by atoms with Gasteiger partial charge in [0.15, 0.2) is 12.1 Å². The number of benzene rings is 1. The molecule has 3 saturated heterocycles. The third kappa shape index (κ3) is 10.2. The van der Waals surface area contributed by atoms with Crippen molar-refractivity contribution in [3.05, 3.63) is 35.9 Å². The number of aliphatic imine (C=N–C) groups is 1. The van der Waals surface area contributed by atoms with E-state index in [-0.39, 0.29) is 45.0 Å². The normalized spacial score (nSPS) is 41.2. The van der Waals surface area contributed by atoms with Gasteiger partial charge in [-0.2, -0.15) is 0 Å². The smallest absolute Gasteiger partial charge is 0.351 e. The number of rotatable bonds is 7. The molecule has 55 heavy (non-hydrogen) atoms. The standard InChI is InChI=1S/C41H62FN3O10/c1-11-32-41(9,50)30-18-17-29(45-52-21-28-15-13-12-14-16-28)22-51-39(7,20-23(2)33(25(30)4)44-27(6)46)36(26(5)35(48)40(8,42)38(49)54-32)55-37-34(47)31(43-10)19-24(3)53-37/h12-16,23-26,30-32,34,36-37,43,47,50H,11,17-22H2,1-10H3/b44-33+,45-29+/t23-,24-,25-,26?,30-,31+,32-,34-,36-,37+,39-,40+,41+/m1/s1. The first-order valence-corrected chi connectivity index (χ1v) is 19.5. The Morgan fingerprint density at radius 1 is 1.09 bits per heavy atom. The number of likely N-dealkylation sites (N-methyl/N-ethyl adjacent to an activating group) is 1. The van der Waals surface area contributed by atoms with Gasteiger partial charge in [-0.1, -0.05) is 63.2 Å². The lowest BCUT2D eigenvalue weighted by Crippen LogP contribution is -2.61. The Morgan fingerprint density at radius 2 is 1.76 bits per heavy atom. The van der Waals surface area contributed by atoms with Crippen LogP contribution in [0, 0.1) is 23.7 Å². The highest BCUT2D eigenvalue weighted by atomic mass is 19.1. The molecule has 3 aliphatic rings. The number of hydrogen-bond donors (Lipinski definition) is 3. The Balaban J connectivity index is 1.96. The predicted octanol–water partition coefficient (Wildman–Crippen LogP) is 4.88. The van der Waals surface area contributed by atoms with Crippen LogP contribution in [0.5, 0.6) is 0 Å². The molecule has 2 bridgehead atoms. The summed E-state index contributed by atoms with van der Waals surface area (Å²) in [6.07, 6.45) is -4.25. The van der Waals surface area contributed by atoms with Crippen LogP contribution in [0.2, 0.25) is 0 Å². The molecule has 308 valence electrons. The number of alkyl halides is 1. The maximum absolute atomic E-state index is 16.8. The largest absolute Gasteiger partial charge is 0.457 e. The molecule has 4 rings (SSSR count). The number of nitrogens with zero attached hydrogens (tertiary/aromatic N) is 2. The van der Waals surface area contributed by atoms with Crippen LogP contribution >= 0.6 is 0 Å². The van der Waals surface area contributed by atoms with Crippen molar-refractivity contribution in [3.63, 3.8) is 0 Å². The van der Waals surface area contributed by atoms with Crippen molar-refractivity contribution in [3.8, 4) is 0 Å². The monoisotopic (exact) mass is 775 g/mol. The molecule has 3 fully saturated rings. The van der Waals surface area contributed by atoms with Gasteiger partial charge in [-0.05, 0) is 84.2 Å². The number of oxime groups is 1. The van der Waals surface area contributed by atoms with Gasteiger partial charge in [0, 0.05) is 30.5 Å². The van der Waals surface area contributed by atoms with Crippen molar-refractivity contribution >= 4 is 29.1 Å². The maximum Gasteiger partial charge on any atom is 0.351 e. The molecule has 1 aromatic rings. The van der Waals surface area contributed by atoms with E-state index in [2.05, 4.69) is 15.5 Å². The molecule has 3 N–H and O–H groups in total. The van der Waals surface area contributed by atoms with Gasteiger partial charge in [0.25, 0.3) is 5.67 Å². The number of carbonyl (C=O) groups excluding carboxylic acids is 3. The van der Waals surface area contributed by atoms with Crippen LogP contribution < -0.4 is 5.32 Å². The maximum atomic E-state index is 16.8. The average Bonchev–Trinajstić information content (AvgIpc) is 3.14. The Kier molecular flexibility index (Phi) is 14.9. The van der Waals surface area contributed by atoms with E-state index in [1.165, 1.54) is 20.8 Å². The highest BCUT2D eigenvalue weighted by molar-refractivity contribution is 6.08. The zero-order chi connectivity index (χ0) is 40.9. The molecule has 1 unspecified atom stereocenters. The summed E-state index contributed by atoms with van der Waals surface area (Å²) in [7, 11) is 1.71. The summed E-state index contributed by atoms with van der Waals surface area (Å²) < 4.78 is 42.1. The first-order chi connectivity index (χ1) is 25.8. The summed E-state index contributed by atoms with van der Waals surface area (Å²) in [5.74, 6) is -6.23. The molecule has 13 nitrogen and oxygen atoms in total. The van der Waals surface area contributed by atoms with E-state index in [4.69, 9.17) is 23.8 Å². The number of carbonyl (C=O) groups is 3. The molecule has 1 amide bonds. The second kappa shape index (κ2) is 18.4. The minimum absolute atomic E-state index is 0.0806. The van der Waals surface area contributed by atoms with Crippen molar-refractivity contribution in [2.75, 3.05) is 13.7 Å². The molecule has 14 heteroatoms. The van der Waals surface area contributed by atoms with Crippen LogP contribution in [0.15, 0.2) is 40.5 Å². The number of fused-ring (bicyclic) bond motifs is 5. The summed E-state index contributed by atoms with van der Waals surface area (Å²) in [6.45, 7) is 14.2. The summed E-state index contributed by atoms with van der Waals surface area (Å²) in [5, 5.41) is 31.4. The Morgan fingerprint density at radius 3 is 2.38 bits per heavy atom. The van der Waals surface area contributed by atoms with Crippen LogP contribution in [0.25, 0.3) is 0 Å². The summed E-state index contributed by atoms with van der Waals surface area (Å²) >= 11 is 0. The topological polar surface area (TPSA) is 175 Å². The second-order valence-electron chi connectivity index (χ2n) is 16.3. The zero-order valence-electron chi connectivity index (χ0n) is 34.0. The molecular formula is C41H62FN3O10. The zero-order valence-corrected chi connectivity index (χ0v) is 34.0. The lowest BCUT2D eigenvalue weighted by molar-refractivity contribution is -0.291. The van der Waals surface area contributed by atoms with Crippen LogP contribution in [0.3, 0.4) is 0 Å². The number of aliphatic hydroxyl groups excluding tert-OH is 1. The molecule has 13 atom stereocenters. The van der Waals surface area contributed by atoms with Crippen LogP contribution in [-0.4, -0.2) is 107 Å². The fourth-order valence-electron chi connectivity index (χ4n) is 8.70. The fourth-order valence-corrected chi connectivity index (χ4v) is 8.70. The third-order valence-corrected chi connectivity index (χ3v) is 11.8. The molecule has 3 heterocycles. The van der Waals surface area contributed by atoms with E-state index < -0.39 is 88.8 Å². The minimum Gasteiger partial charge on any atom is -0.457 e.